The van der Waals surface area contributed by atoms with Crippen molar-refractivity contribution in [2.75, 3.05) is 52.5 Å². The number of piperazine rings is 1. The van der Waals surface area contributed by atoms with Gasteiger partial charge in [0.2, 0.25) is 0 Å². The van der Waals surface area contributed by atoms with Crippen LogP contribution in [0.5, 0.6) is 0 Å². The van der Waals surface area contributed by atoms with E-state index >= 15 is 0 Å². The first kappa shape index (κ1) is 16.3. The smallest absolute Gasteiger partial charge is 0.259 e. The summed E-state index contributed by atoms with van der Waals surface area (Å²) in [5.41, 5.74) is -0.690. The molecule has 2 aliphatic rings. The van der Waals surface area contributed by atoms with Crippen molar-refractivity contribution in [3.05, 3.63) is 35.4 Å². The lowest BCUT2D eigenvalue weighted by molar-refractivity contribution is -0.150. The number of halogens is 2. The predicted molar refractivity (Wildman–Crippen MR) is 79.0 cm³/mol. The fourth-order valence-corrected chi connectivity index (χ4v) is 3.07. The molecule has 0 unspecified atom stereocenters. The van der Waals surface area contributed by atoms with E-state index in [-0.39, 0.29) is 12.0 Å². The maximum atomic E-state index is 13.7. The summed E-state index contributed by atoms with van der Waals surface area (Å²) < 4.78 is 32.6. The van der Waals surface area contributed by atoms with E-state index < -0.39 is 23.1 Å². The van der Waals surface area contributed by atoms with Crippen molar-refractivity contribution >= 4 is 5.91 Å². The molecule has 0 radical (unpaired) electrons. The highest BCUT2D eigenvalue weighted by molar-refractivity contribution is 5.94. The molecule has 5 nitrogen and oxygen atoms in total. The third-order valence-corrected chi connectivity index (χ3v) is 4.55. The van der Waals surface area contributed by atoms with E-state index in [2.05, 4.69) is 4.90 Å². The minimum Gasteiger partial charge on any atom is -0.396 e. The first-order chi connectivity index (χ1) is 11.0. The zero-order valence-electron chi connectivity index (χ0n) is 12.8. The molecule has 0 spiro atoms. The zero-order chi connectivity index (χ0) is 16.4. The lowest BCUT2D eigenvalue weighted by Crippen LogP contribution is -2.57. The average molecular weight is 326 g/mol. The standard InChI is InChI=1S/C16H20F2N2O3/c17-12-2-1-3-13(18)14(12)15(22)20-6-4-19(5-7-20)8-16(9-21)10-23-11-16/h1-3,21H,4-11H2. The second-order valence-corrected chi connectivity index (χ2v) is 6.32. The Balaban J connectivity index is 1.59. The highest BCUT2D eigenvalue weighted by Crippen LogP contribution is 2.28. The minimum absolute atomic E-state index is 0.0760. The Morgan fingerprint density at radius 1 is 1.17 bits per heavy atom. The number of ether oxygens (including phenoxy) is 1. The van der Waals surface area contributed by atoms with E-state index in [1.807, 2.05) is 0 Å². The lowest BCUT2D eigenvalue weighted by atomic mass is 9.86. The number of carbonyl (C=O) groups is 1. The first-order valence-electron chi connectivity index (χ1n) is 7.69. The van der Waals surface area contributed by atoms with Crippen LogP contribution >= 0.6 is 0 Å². The molecule has 0 atom stereocenters. The van der Waals surface area contributed by atoms with Gasteiger partial charge in [0, 0.05) is 32.7 Å². The summed E-state index contributed by atoms with van der Waals surface area (Å²) in [5, 5.41) is 9.46. The quantitative estimate of drug-likeness (QED) is 0.886. The van der Waals surface area contributed by atoms with Gasteiger partial charge < -0.3 is 14.7 Å². The van der Waals surface area contributed by atoms with E-state index in [4.69, 9.17) is 4.74 Å². The van der Waals surface area contributed by atoms with E-state index in [0.29, 0.717) is 45.9 Å². The summed E-state index contributed by atoms with van der Waals surface area (Å²) in [4.78, 5) is 16.0. The molecule has 23 heavy (non-hydrogen) atoms. The third-order valence-electron chi connectivity index (χ3n) is 4.55. The lowest BCUT2D eigenvalue weighted by Gasteiger charge is -2.45. The molecule has 126 valence electrons. The van der Waals surface area contributed by atoms with Crippen LogP contribution in [0.4, 0.5) is 8.78 Å². The molecule has 1 N–H and O–H groups in total. The maximum Gasteiger partial charge on any atom is 0.259 e. The highest BCUT2D eigenvalue weighted by atomic mass is 19.1. The number of aliphatic hydroxyl groups excluding tert-OH is 1. The van der Waals surface area contributed by atoms with Crippen LogP contribution in [0.15, 0.2) is 18.2 Å². The summed E-state index contributed by atoms with van der Waals surface area (Å²) in [6.45, 7) is 3.93. The topological polar surface area (TPSA) is 53.0 Å². The molecule has 0 saturated carbocycles. The average Bonchev–Trinajstić information content (AvgIpc) is 2.51. The van der Waals surface area contributed by atoms with Crippen LogP contribution in [0.2, 0.25) is 0 Å². The Morgan fingerprint density at radius 2 is 1.78 bits per heavy atom. The fraction of sp³-hybridized carbons (Fsp3) is 0.562. The third kappa shape index (κ3) is 3.22. The molecule has 0 bridgehead atoms. The van der Waals surface area contributed by atoms with Gasteiger partial charge >= 0.3 is 0 Å². The Bertz CT molecular complexity index is 559. The molecule has 0 aliphatic carbocycles. The SMILES string of the molecule is O=C(c1c(F)cccc1F)N1CCN(CC2(CO)COC2)CC1. The van der Waals surface area contributed by atoms with Crippen LogP contribution in [0.1, 0.15) is 10.4 Å². The van der Waals surface area contributed by atoms with E-state index in [9.17, 15) is 18.7 Å². The van der Waals surface area contributed by atoms with Crippen LogP contribution in [0.3, 0.4) is 0 Å². The number of carbonyl (C=O) groups excluding carboxylic acids is 1. The molecular weight excluding hydrogens is 306 g/mol. The van der Waals surface area contributed by atoms with Gasteiger partial charge in [-0.15, -0.1) is 0 Å². The van der Waals surface area contributed by atoms with E-state index in [0.717, 1.165) is 12.1 Å². The van der Waals surface area contributed by atoms with Gasteiger partial charge in [-0.3, -0.25) is 9.69 Å². The van der Waals surface area contributed by atoms with Crippen molar-refractivity contribution in [2.45, 2.75) is 0 Å². The molecule has 2 saturated heterocycles. The zero-order valence-corrected chi connectivity index (χ0v) is 12.8. The van der Waals surface area contributed by atoms with Crippen LogP contribution in [-0.4, -0.2) is 73.4 Å². The Hall–Kier alpha value is -1.57. The Morgan fingerprint density at radius 3 is 2.26 bits per heavy atom. The second-order valence-electron chi connectivity index (χ2n) is 6.32. The molecule has 2 heterocycles. The van der Waals surface area contributed by atoms with Crippen molar-refractivity contribution in [1.29, 1.82) is 0 Å². The van der Waals surface area contributed by atoms with Crippen LogP contribution in [0.25, 0.3) is 0 Å². The van der Waals surface area contributed by atoms with Gasteiger partial charge in [0.25, 0.3) is 5.91 Å². The molecule has 1 aromatic rings. The highest BCUT2D eigenvalue weighted by Gasteiger charge is 2.40. The Kier molecular flexibility index (Phi) is 4.61. The van der Waals surface area contributed by atoms with Crippen LogP contribution in [0, 0.1) is 17.0 Å². The second kappa shape index (κ2) is 6.51. The van der Waals surface area contributed by atoms with Gasteiger partial charge in [-0.05, 0) is 12.1 Å². The van der Waals surface area contributed by atoms with E-state index in [1.165, 1.54) is 11.0 Å². The van der Waals surface area contributed by atoms with Gasteiger partial charge in [-0.1, -0.05) is 6.07 Å². The van der Waals surface area contributed by atoms with Crippen molar-refractivity contribution < 1.29 is 23.4 Å². The Labute approximate surface area is 133 Å². The molecule has 1 aromatic carbocycles. The van der Waals surface area contributed by atoms with Gasteiger partial charge in [-0.25, -0.2) is 8.78 Å². The summed E-state index contributed by atoms with van der Waals surface area (Å²) in [5.74, 6) is -2.27. The number of aliphatic hydroxyl groups is 1. The monoisotopic (exact) mass is 326 g/mol. The number of amides is 1. The van der Waals surface area contributed by atoms with Crippen molar-refractivity contribution in [3.8, 4) is 0 Å². The molecule has 1 amide bonds. The fourth-order valence-electron chi connectivity index (χ4n) is 3.07. The number of hydrogen-bond acceptors (Lipinski definition) is 4. The van der Waals surface area contributed by atoms with Gasteiger partial charge in [0.15, 0.2) is 0 Å². The largest absolute Gasteiger partial charge is 0.396 e. The summed E-state index contributed by atoms with van der Waals surface area (Å²) >= 11 is 0. The molecule has 3 rings (SSSR count). The van der Waals surface area contributed by atoms with Crippen molar-refractivity contribution in [2.24, 2.45) is 5.41 Å². The molecule has 2 fully saturated rings. The molecular formula is C16H20F2N2O3. The number of nitrogens with zero attached hydrogens (tertiary/aromatic N) is 2. The number of hydrogen-bond donors (Lipinski definition) is 1. The van der Waals surface area contributed by atoms with Crippen molar-refractivity contribution in [3.63, 3.8) is 0 Å². The van der Waals surface area contributed by atoms with Crippen LogP contribution in [-0.2, 0) is 4.74 Å². The number of benzene rings is 1. The predicted octanol–water partition coefficient (Wildman–Crippen LogP) is 0.732. The van der Waals surface area contributed by atoms with E-state index in [1.54, 1.807) is 0 Å². The molecule has 0 aromatic heterocycles. The first-order valence-corrected chi connectivity index (χ1v) is 7.69. The normalized spacial score (nSPS) is 21.1. The summed E-state index contributed by atoms with van der Waals surface area (Å²) in [7, 11) is 0. The van der Waals surface area contributed by atoms with Crippen molar-refractivity contribution in [1.82, 2.24) is 9.80 Å². The van der Waals surface area contributed by atoms with Crippen LogP contribution < -0.4 is 0 Å². The molecule has 7 heteroatoms. The van der Waals surface area contributed by atoms with Gasteiger partial charge in [0.1, 0.15) is 17.2 Å². The van der Waals surface area contributed by atoms with Gasteiger partial charge in [0.05, 0.1) is 25.2 Å². The molecule has 2 aliphatic heterocycles. The minimum atomic E-state index is -0.830. The summed E-state index contributed by atoms with van der Waals surface area (Å²) in [6.07, 6.45) is 0. The summed E-state index contributed by atoms with van der Waals surface area (Å²) in [6, 6.07) is 3.43. The van der Waals surface area contributed by atoms with Gasteiger partial charge in [-0.2, -0.15) is 0 Å². The maximum absolute atomic E-state index is 13.7. The number of rotatable bonds is 4.